The van der Waals surface area contributed by atoms with Gasteiger partial charge in [0.2, 0.25) is 0 Å². The Labute approximate surface area is 244 Å². The molecule has 222 valence electrons. The molecule has 1 heterocycles. The van der Waals surface area contributed by atoms with Crippen molar-refractivity contribution in [1.82, 2.24) is 4.98 Å². The van der Waals surface area contributed by atoms with E-state index in [1.54, 1.807) is 13.8 Å². The number of aromatic amines is 1. The van der Waals surface area contributed by atoms with Crippen LogP contribution in [-0.4, -0.2) is 28.3 Å². The first-order valence-corrected chi connectivity index (χ1v) is 15.6. The van der Waals surface area contributed by atoms with Gasteiger partial charge in [0.05, 0.1) is 5.60 Å². The van der Waals surface area contributed by atoms with Crippen molar-refractivity contribution in [2.45, 2.75) is 130 Å². The van der Waals surface area contributed by atoms with Gasteiger partial charge in [-0.3, -0.25) is 4.79 Å². The molecule has 0 aliphatic carbocycles. The third kappa shape index (κ3) is 13.2. The van der Waals surface area contributed by atoms with E-state index in [9.17, 15) is 9.90 Å². The van der Waals surface area contributed by atoms with Crippen LogP contribution in [-0.2, 0) is 16.0 Å². The van der Waals surface area contributed by atoms with Gasteiger partial charge < -0.3 is 14.8 Å². The summed E-state index contributed by atoms with van der Waals surface area (Å²) in [6, 6.07) is 6.41. The zero-order valence-corrected chi connectivity index (χ0v) is 25.9. The average Bonchev–Trinajstić information content (AvgIpc) is 3.31. The Kier molecular flexibility index (Phi) is 15.7. The number of unbranched alkanes of at least 4 members (excludes halogenated alkanes) is 8. The first kappa shape index (κ1) is 33.6. The number of benzene rings is 1. The van der Waals surface area contributed by atoms with Gasteiger partial charge in [0, 0.05) is 29.4 Å². The molecule has 0 saturated heterocycles. The maximum atomic E-state index is 12.5. The van der Waals surface area contributed by atoms with E-state index in [1.807, 2.05) is 6.20 Å². The molecule has 0 unspecified atom stereocenters. The van der Waals surface area contributed by atoms with Crippen LogP contribution in [0, 0.1) is 0 Å². The van der Waals surface area contributed by atoms with Crippen LogP contribution in [0.25, 0.3) is 10.9 Å². The molecule has 0 amide bonds. The van der Waals surface area contributed by atoms with E-state index in [1.165, 1.54) is 49.7 Å². The first-order valence-electron chi connectivity index (χ1n) is 15.6. The lowest BCUT2D eigenvalue weighted by molar-refractivity contribution is -0.145. The maximum absolute atomic E-state index is 12.5. The van der Waals surface area contributed by atoms with Gasteiger partial charge >= 0.3 is 5.97 Å². The molecule has 2 N–H and O–H groups in total. The van der Waals surface area contributed by atoms with Crippen LogP contribution in [0.3, 0.4) is 0 Å². The van der Waals surface area contributed by atoms with Crippen molar-refractivity contribution in [3.63, 3.8) is 0 Å². The van der Waals surface area contributed by atoms with Gasteiger partial charge in [-0.25, -0.2) is 0 Å². The molecule has 0 aliphatic rings. The minimum atomic E-state index is -1.02. The van der Waals surface area contributed by atoms with Gasteiger partial charge in [0.15, 0.2) is 0 Å². The number of fused-ring (bicyclic) bond motifs is 1. The highest BCUT2D eigenvalue weighted by atomic mass is 16.5. The summed E-state index contributed by atoms with van der Waals surface area (Å²) in [5.74, 6) is -0.484. The van der Waals surface area contributed by atoms with Crippen LogP contribution in [0.2, 0.25) is 0 Å². The monoisotopic (exact) mass is 549 g/mol. The molecule has 1 aromatic heterocycles. The second kappa shape index (κ2) is 18.7. The summed E-state index contributed by atoms with van der Waals surface area (Å²) in [7, 11) is 0. The van der Waals surface area contributed by atoms with E-state index < -0.39 is 5.60 Å². The van der Waals surface area contributed by atoms with E-state index in [0.717, 1.165) is 55.0 Å². The van der Waals surface area contributed by atoms with Gasteiger partial charge in [-0.05, 0) is 89.8 Å². The van der Waals surface area contributed by atoms with E-state index in [4.69, 9.17) is 4.74 Å². The minimum Gasteiger partial charge on any atom is -0.465 e. The van der Waals surface area contributed by atoms with E-state index >= 15 is 0 Å². The minimum absolute atomic E-state index is 0.176. The summed E-state index contributed by atoms with van der Waals surface area (Å²) < 4.78 is 5.68. The maximum Gasteiger partial charge on any atom is 0.305 e. The number of hydrogen-bond acceptors (Lipinski definition) is 3. The summed E-state index contributed by atoms with van der Waals surface area (Å²) in [5, 5.41) is 12.0. The summed E-state index contributed by atoms with van der Waals surface area (Å²) in [6.07, 6.45) is 27.4. The fourth-order valence-electron chi connectivity index (χ4n) is 4.94. The van der Waals surface area contributed by atoms with Crippen molar-refractivity contribution in [3.8, 4) is 0 Å². The first-order chi connectivity index (χ1) is 19.2. The Morgan fingerprint density at radius 3 is 2.33 bits per heavy atom. The number of hydrogen-bond donors (Lipinski definition) is 2. The normalized spacial score (nSPS) is 12.9. The highest BCUT2D eigenvalue weighted by molar-refractivity contribution is 5.84. The molecule has 0 fully saturated rings. The zero-order valence-electron chi connectivity index (χ0n) is 25.9. The molecule has 0 saturated carbocycles. The summed E-state index contributed by atoms with van der Waals surface area (Å²) in [5.41, 5.74) is 3.55. The van der Waals surface area contributed by atoms with Crippen LogP contribution in [0.4, 0.5) is 0 Å². The van der Waals surface area contributed by atoms with Gasteiger partial charge in [-0.15, -0.1) is 0 Å². The number of aliphatic hydroxyl groups is 1. The molecular formula is C36H55NO3. The molecule has 4 heteroatoms. The van der Waals surface area contributed by atoms with Crippen molar-refractivity contribution in [1.29, 1.82) is 0 Å². The Balaban J connectivity index is 1.68. The number of aromatic nitrogens is 1. The summed E-state index contributed by atoms with van der Waals surface area (Å²) in [4.78, 5) is 15.8. The van der Waals surface area contributed by atoms with E-state index in [-0.39, 0.29) is 18.5 Å². The third-order valence-electron chi connectivity index (χ3n) is 7.49. The molecule has 0 radical (unpaired) electrons. The fraction of sp³-hybridized carbons (Fsp3) is 0.583. The predicted octanol–water partition coefficient (Wildman–Crippen LogP) is 9.89. The van der Waals surface area contributed by atoms with Crippen molar-refractivity contribution in [3.05, 3.63) is 71.5 Å². The van der Waals surface area contributed by atoms with Crippen molar-refractivity contribution in [2.24, 2.45) is 0 Å². The second-order valence-electron chi connectivity index (χ2n) is 12.0. The number of H-pyrrole nitrogens is 1. The molecule has 1 atom stereocenters. The topological polar surface area (TPSA) is 62.3 Å². The predicted molar refractivity (Wildman–Crippen MR) is 171 cm³/mol. The standard InChI is InChI=1S/C36H55NO3/c1-6-7-8-9-10-11-12-13-14-15-16-17-18-19-20-21-35(38)40-28-33(36(4,5)39)32-27-37-34-26-30(23-22-29(2)3)24-25-31(32)34/h10-11,13-14,22,24-27,33,37,39H,6-9,12,15-21,23,28H2,1-5H3/b11-10-,14-13-/t33-/m1/s1. The molecule has 2 rings (SSSR count). The third-order valence-corrected chi connectivity index (χ3v) is 7.49. The lowest BCUT2D eigenvalue weighted by Crippen LogP contribution is -2.33. The molecule has 0 bridgehead atoms. The van der Waals surface area contributed by atoms with E-state index in [0.29, 0.717) is 6.42 Å². The molecule has 2 aromatic rings. The quantitative estimate of drug-likeness (QED) is 0.0981. The molecule has 1 aromatic carbocycles. The molecule has 0 spiro atoms. The number of allylic oxidation sites excluding steroid dienone is 6. The number of carbonyl (C=O) groups excluding carboxylic acids is 1. The van der Waals surface area contributed by atoms with E-state index in [2.05, 4.69) is 74.3 Å². The van der Waals surface area contributed by atoms with Gasteiger partial charge in [0.1, 0.15) is 6.61 Å². The Morgan fingerprint density at radius 2 is 1.65 bits per heavy atom. The fourth-order valence-corrected chi connectivity index (χ4v) is 4.94. The summed E-state index contributed by atoms with van der Waals surface area (Å²) >= 11 is 0. The van der Waals surface area contributed by atoms with Crippen molar-refractivity contribution >= 4 is 16.9 Å². The van der Waals surface area contributed by atoms with Gasteiger partial charge in [-0.2, -0.15) is 0 Å². The Hall–Kier alpha value is -2.59. The lowest BCUT2D eigenvalue weighted by Gasteiger charge is -2.29. The largest absolute Gasteiger partial charge is 0.465 e. The SMILES string of the molecule is CCCCC/C=C\C/C=C\CCCCCCCC(=O)OC[C@H](c1c[nH]c2cc(CC=C(C)C)ccc12)C(C)(C)O. The lowest BCUT2D eigenvalue weighted by atomic mass is 9.85. The number of nitrogens with one attached hydrogen (secondary N) is 1. The van der Waals surface area contributed by atoms with Crippen LogP contribution in [0.15, 0.2) is 60.3 Å². The molecule has 40 heavy (non-hydrogen) atoms. The van der Waals surface area contributed by atoms with Crippen LogP contribution in [0.5, 0.6) is 0 Å². The van der Waals surface area contributed by atoms with Crippen LogP contribution in [0.1, 0.15) is 129 Å². The highest BCUT2D eigenvalue weighted by Crippen LogP contribution is 2.34. The summed E-state index contributed by atoms with van der Waals surface area (Å²) in [6.45, 7) is 10.2. The second-order valence-corrected chi connectivity index (χ2v) is 12.0. The van der Waals surface area contributed by atoms with Gasteiger partial charge in [-0.1, -0.05) is 87.1 Å². The zero-order chi connectivity index (χ0) is 29.2. The van der Waals surface area contributed by atoms with Crippen LogP contribution < -0.4 is 0 Å². The average molecular weight is 550 g/mol. The van der Waals surface area contributed by atoms with Gasteiger partial charge in [0.25, 0.3) is 0 Å². The van der Waals surface area contributed by atoms with Crippen molar-refractivity contribution < 1.29 is 14.6 Å². The molecule has 4 nitrogen and oxygen atoms in total. The number of ether oxygens (including phenoxy) is 1. The van der Waals surface area contributed by atoms with Crippen molar-refractivity contribution in [2.75, 3.05) is 6.61 Å². The highest BCUT2D eigenvalue weighted by Gasteiger charge is 2.31. The Bertz CT molecular complexity index is 1080. The van der Waals surface area contributed by atoms with Crippen LogP contribution >= 0.6 is 0 Å². The smallest absolute Gasteiger partial charge is 0.305 e. The molecular weight excluding hydrogens is 494 g/mol. The number of rotatable bonds is 20. The molecule has 0 aliphatic heterocycles. The number of carbonyl (C=O) groups is 1. The number of esters is 1. The Morgan fingerprint density at radius 1 is 0.975 bits per heavy atom.